The number of carbonyl (C=O) groups excluding carboxylic acids is 1. The Labute approximate surface area is 73.6 Å². The molecule has 0 aromatic heterocycles. The molecular formula is C10H16O2. The van der Waals surface area contributed by atoms with E-state index in [2.05, 4.69) is 13.5 Å². The molecule has 0 radical (unpaired) electrons. The minimum absolute atomic E-state index is 0.0313. The summed E-state index contributed by atoms with van der Waals surface area (Å²) in [6, 6.07) is 0. The van der Waals surface area contributed by atoms with Gasteiger partial charge >= 0.3 is 5.97 Å². The van der Waals surface area contributed by atoms with Crippen molar-refractivity contribution in [1.82, 2.24) is 0 Å². The predicted octanol–water partition coefficient (Wildman–Crippen LogP) is 2.29. The molecule has 2 heteroatoms. The number of ether oxygens (including phenoxy) is 1. The van der Waals surface area contributed by atoms with Crippen LogP contribution in [0.5, 0.6) is 0 Å². The molecule has 0 bridgehead atoms. The molecule has 0 N–H and O–H groups in total. The second-order valence-electron chi connectivity index (χ2n) is 3.56. The highest BCUT2D eigenvalue weighted by Gasteiger charge is 2.26. The van der Waals surface area contributed by atoms with Crippen molar-refractivity contribution in [2.75, 3.05) is 0 Å². The number of hydrogen-bond donors (Lipinski definition) is 0. The first-order valence-electron chi connectivity index (χ1n) is 4.46. The fourth-order valence-corrected chi connectivity index (χ4v) is 1.73. The molecular weight excluding hydrogens is 152 g/mol. The van der Waals surface area contributed by atoms with Gasteiger partial charge in [0.1, 0.15) is 6.10 Å². The van der Waals surface area contributed by atoms with Gasteiger partial charge in [0.05, 0.1) is 0 Å². The molecule has 1 rings (SSSR count). The molecule has 1 fully saturated rings. The maximum absolute atomic E-state index is 10.7. The monoisotopic (exact) mass is 168 g/mol. The summed E-state index contributed by atoms with van der Waals surface area (Å²) in [5.74, 6) is 0.241. The first-order chi connectivity index (χ1) is 5.61. The van der Waals surface area contributed by atoms with E-state index >= 15 is 0 Å². The maximum Gasteiger partial charge on any atom is 0.303 e. The predicted molar refractivity (Wildman–Crippen MR) is 47.7 cm³/mol. The maximum atomic E-state index is 10.7. The normalized spacial score (nSPS) is 30.0. The molecule has 1 aliphatic carbocycles. The van der Waals surface area contributed by atoms with E-state index in [1.54, 1.807) is 0 Å². The van der Waals surface area contributed by atoms with Gasteiger partial charge in [-0.1, -0.05) is 13.5 Å². The lowest BCUT2D eigenvalue weighted by Gasteiger charge is -2.29. The second kappa shape index (κ2) is 3.74. The van der Waals surface area contributed by atoms with Crippen LogP contribution in [0.3, 0.4) is 0 Å². The van der Waals surface area contributed by atoms with Crippen LogP contribution in [0.1, 0.15) is 33.1 Å². The van der Waals surface area contributed by atoms with Crippen LogP contribution in [0.4, 0.5) is 0 Å². The first-order valence-corrected chi connectivity index (χ1v) is 4.46. The summed E-state index contributed by atoms with van der Waals surface area (Å²) in [4.78, 5) is 10.7. The summed E-state index contributed by atoms with van der Waals surface area (Å²) in [6.45, 7) is 7.48. The van der Waals surface area contributed by atoms with E-state index in [9.17, 15) is 4.79 Å². The van der Waals surface area contributed by atoms with Gasteiger partial charge in [0.25, 0.3) is 0 Å². The quantitative estimate of drug-likeness (QED) is 0.443. The van der Waals surface area contributed by atoms with Gasteiger partial charge in [-0.3, -0.25) is 4.79 Å². The van der Waals surface area contributed by atoms with Crippen molar-refractivity contribution in [2.45, 2.75) is 39.2 Å². The molecule has 2 unspecified atom stereocenters. The highest BCUT2D eigenvalue weighted by atomic mass is 16.5. The first kappa shape index (κ1) is 9.30. The van der Waals surface area contributed by atoms with E-state index in [-0.39, 0.29) is 12.1 Å². The van der Waals surface area contributed by atoms with Crippen LogP contribution in [-0.4, -0.2) is 12.1 Å². The summed E-state index contributed by atoms with van der Waals surface area (Å²) >= 11 is 0. The Balaban J connectivity index is 2.57. The lowest BCUT2D eigenvalue weighted by atomic mass is 9.85. The van der Waals surface area contributed by atoms with Crippen molar-refractivity contribution in [2.24, 2.45) is 5.92 Å². The summed E-state index contributed by atoms with van der Waals surface area (Å²) < 4.78 is 5.18. The van der Waals surface area contributed by atoms with E-state index in [1.807, 2.05) is 0 Å². The Morgan fingerprint density at radius 1 is 1.67 bits per heavy atom. The van der Waals surface area contributed by atoms with Gasteiger partial charge < -0.3 is 4.74 Å². The minimum atomic E-state index is -0.199. The van der Waals surface area contributed by atoms with E-state index in [0.29, 0.717) is 5.92 Å². The number of hydrogen-bond acceptors (Lipinski definition) is 2. The van der Waals surface area contributed by atoms with Crippen molar-refractivity contribution in [3.8, 4) is 0 Å². The molecule has 2 nitrogen and oxygen atoms in total. The molecule has 68 valence electrons. The van der Waals surface area contributed by atoms with E-state index < -0.39 is 0 Å². The van der Waals surface area contributed by atoms with Crippen LogP contribution in [-0.2, 0) is 9.53 Å². The van der Waals surface area contributed by atoms with Gasteiger partial charge in [0.15, 0.2) is 0 Å². The smallest absolute Gasteiger partial charge is 0.303 e. The van der Waals surface area contributed by atoms with Crippen LogP contribution >= 0.6 is 0 Å². The van der Waals surface area contributed by atoms with Crippen LogP contribution in [0, 0.1) is 5.92 Å². The summed E-state index contributed by atoms with van der Waals surface area (Å²) in [6.07, 6.45) is 3.29. The Hall–Kier alpha value is -0.790. The average molecular weight is 168 g/mol. The summed E-state index contributed by atoms with van der Waals surface area (Å²) in [5.41, 5.74) is 1.07. The van der Waals surface area contributed by atoms with Crippen molar-refractivity contribution in [3.63, 3.8) is 0 Å². The second-order valence-corrected chi connectivity index (χ2v) is 3.56. The number of carbonyl (C=O) groups is 1. The average Bonchev–Trinajstić information content (AvgIpc) is 1.97. The van der Waals surface area contributed by atoms with Crippen LogP contribution < -0.4 is 0 Å². The Kier molecular flexibility index (Phi) is 2.90. The summed E-state index contributed by atoms with van der Waals surface area (Å²) in [7, 11) is 0. The topological polar surface area (TPSA) is 26.3 Å². The highest BCUT2D eigenvalue weighted by molar-refractivity contribution is 5.66. The molecule has 1 aliphatic rings. The Morgan fingerprint density at radius 3 is 2.83 bits per heavy atom. The summed E-state index contributed by atoms with van der Waals surface area (Å²) in [5, 5.41) is 0. The molecule has 0 spiro atoms. The SMILES string of the molecule is C=C1CCCC(C)C1OC(C)=O. The van der Waals surface area contributed by atoms with Crippen LogP contribution in [0.25, 0.3) is 0 Å². The zero-order valence-corrected chi connectivity index (χ0v) is 7.80. The fraction of sp³-hybridized carbons (Fsp3) is 0.700. The van der Waals surface area contributed by atoms with E-state index in [4.69, 9.17) is 4.74 Å². The van der Waals surface area contributed by atoms with Crippen molar-refractivity contribution in [3.05, 3.63) is 12.2 Å². The molecule has 0 amide bonds. The number of esters is 1. The Morgan fingerprint density at radius 2 is 2.33 bits per heavy atom. The standard InChI is InChI=1S/C10H16O2/c1-7-5-4-6-8(2)10(7)12-9(3)11/h8,10H,1,4-6H2,2-3H3. The molecule has 0 heterocycles. The third-order valence-corrected chi connectivity index (χ3v) is 2.37. The zero-order valence-electron chi connectivity index (χ0n) is 7.80. The lowest BCUT2D eigenvalue weighted by molar-refractivity contribution is -0.147. The Bertz CT molecular complexity index is 196. The number of rotatable bonds is 1. The van der Waals surface area contributed by atoms with Gasteiger partial charge in [-0.15, -0.1) is 0 Å². The van der Waals surface area contributed by atoms with Crippen molar-refractivity contribution in [1.29, 1.82) is 0 Å². The van der Waals surface area contributed by atoms with Gasteiger partial charge in [-0.2, -0.15) is 0 Å². The largest absolute Gasteiger partial charge is 0.458 e. The third-order valence-electron chi connectivity index (χ3n) is 2.37. The fourth-order valence-electron chi connectivity index (χ4n) is 1.73. The lowest BCUT2D eigenvalue weighted by Crippen LogP contribution is -2.29. The van der Waals surface area contributed by atoms with Crippen LogP contribution in [0.15, 0.2) is 12.2 Å². The molecule has 0 aliphatic heterocycles. The van der Waals surface area contributed by atoms with Crippen molar-refractivity contribution < 1.29 is 9.53 Å². The van der Waals surface area contributed by atoms with E-state index in [0.717, 1.165) is 18.4 Å². The van der Waals surface area contributed by atoms with Crippen molar-refractivity contribution >= 4 is 5.97 Å². The molecule has 0 aromatic rings. The molecule has 12 heavy (non-hydrogen) atoms. The third kappa shape index (κ3) is 2.10. The van der Waals surface area contributed by atoms with Gasteiger partial charge in [-0.05, 0) is 30.8 Å². The molecule has 1 saturated carbocycles. The molecule has 0 saturated heterocycles. The van der Waals surface area contributed by atoms with Crippen LogP contribution in [0.2, 0.25) is 0 Å². The van der Waals surface area contributed by atoms with Gasteiger partial charge in [0, 0.05) is 6.92 Å². The van der Waals surface area contributed by atoms with Gasteiger partial charge in [0.2, 0.25) is 0 Å². The zero-order chi connectivity index (χ0) is 9.14. The molecule has 2 atom stereocenters. The van der Waals surface area contributed by atoms with Gasteiger partial charge in [-0.25, -0.2) is 0 Å². The van der Waals surface area contributed by atoms with E-state index in [1.165, 1.54) is 13.3 Å². The highest BCUT2D eigenvalue weighted by Crippen LogP contribution is 2.29. The minimum Gasteiger partial charge on any atom is -0.458 e. The molecule has 0 aromatic carbocycles.